The molecule has 0 aliphatic carbocycles. The summed E-state index contributed by atoms with van der Waals surface area (Å²) in [5, 5.41) is 2.80. The highest BCUT2D eigenvalue weighted by atomic mass is 16.5. The van der Waals surface area contributed by atoms with Gasteiger partial charge in [0.1, 0.15) is 5.75 Å². The number of aryl methyl sites for hydroxylation is 1. The van der Waals surface area contributed by atoms with E-state index in [9.17, 15) is 4.79 Å². The van der Waals surface area contributed by atoms with Crippen LogP contribution >= 0.6 is 0 Å². The van der Waals surface area contributed by atoms with Gasteiger partial charge in [0.05, 0.1) is 12.7 Å². The molecule has 0 bridgehead atoms. The van der Waals surface area contributed by atoms with Crippen LogP contribution < -0.4 is 15.8 Å². The number of carbonyl (C=O) groups is 1. The largest absolute Gasteiger partial charge is 0.497 e. The minimum atomic E-state index is -0.220. The van der Waals surface area contributed by atoms with E-state index in [1.165, 1.54) is 0 Å². The normalized spacial score (nSPS) is 10.0. The summed E-state index contributed by atoms with van der Waals surface area (Å²) in [5.74, 6) is 0.524. The Balaban J connectivity index is 2.15. The van der Waals surface area contributed by atoms with Crippen molar-refractivity contribution in [2.24, 2.45) is 0 Å². The van der Waals surface area contributed by atoms with Crippen LogP contribution in [0.1, 0.15) is 15.9 Å². The highest BCUT2D eigenvalue weighted by Crippen LogP contribution is 2.18. The molecular weight excluding hydrogens is 240 g/mol. The molecule has 0 saturated carbocycles. The van der Waals surface area contributed by atoms with Gasteiger partial charge < -0.3 is 15.8 Å². The van der Waals surface area contributed by atoms with E-state index in [0.29, 0.717) is 16.9 Å². The van der Waals surface area contributed by atoms with Crippen LogP contribution in [0.2, 0.25) is 0 Å². The van der Waals surface area contributed by atoms with Crippen LogP contribution in [0.3, 0.4) is 0 Å². The first-order chi connectivity index (χ1) is 9.10. The Morgan fingerprint density at radius 3 is 2.42 bits per heavy atom. The average Bonchev–Trinajstić information content (AvgIpc) is 2.39. The Kier molecular flexibility index (Phi) is 3.71. The molecule has 1 amide bonds. The van der Waals surface area contributed by atoms with Crippen molar-refractivity contribution in [2.45, 2.75) is 6.92 Å². The molecule has 98 valence electrons. The average molecular weight is 256 g/mol. The van der Waals surface area contributed by atoms with Gasteiger partial charge in [0.25, 0.3) is 5.91 Å². The number of carbonyl (C=O) groups excluding carboxylic acids is 1. The first-order valence-electron chi connectivity index (χ1n) is 5.91. The van der Waals surface area contributed by atoms with Gasteiger partial charge in [-0.1, -0.05) is 6.07 Å². The van der Waals surface area contributed by atoms with Crippen molar-refractivity contribution in [1.82, 2.24) is 0 Å². The van der Waals surface area contributed by atoms with Crippen LogP contribution in [0.4, 0.5) is 11.4 Å². The van der Waals surface area contributed by atoms with Crippen LogP contribution in [0.5, 0.6) is 5.75 Å². The Labute approximate surface area is 112 Å². The van der Waals surface area contributed by atoms with Gasteiger partial charge in [-0.15, -0.1) is 0 Å². The van der Waals surface area contributed by atoms with Crippen molar-refractivity contribution in [1.29, 1.82) is 0 Å². The zero-order chi connectivity index (χ0) is 13.8. The fourth-order valence-electron chi connectivity index (χ4n) is 1.76. The van der Waals surface area contributed by atoms with Crippen LogP contribution in [0, 0.1) is 6.92 Å². The smallest absolute Gasteiger partial charge is 0.257 e. The second-order valence-electron chi connectivity index (χ2n) is 4.27. The lowest BCUT2D eigenvalue weighted by Gasteiger charge is -2.08. The molecule has 0 radical (unpaired) electrons. The molecule has 0 atom stereocenters. The number of nitrogens with two attached hydrogens (primary N) is 1. The number of methoxy groups -OCH3 is 1. The lowest BCUT2D eigenvalue weighted by Crippen LogP contribution is -2.14. The van der Waals surface area contributed by atoms with Gasteiger partial charge in [0, 0.05) is 11.4 Å². The van der Waals surface area contributed by atoms with E-state index >= 15 is 0 Å². The molecule has 0 aromatic heterocycles. The van der Waals surface area contributed by atoms with Gasteiger partial charge >= 0.3 is 0 Å². The zero-order valence-electron chi connectivity index (χ0n) is 10.9. The number of hydrogen-bond acceptors (Lipinski definition) is 3. The van der Waals surface area contributed by atoms with Crippen LogP contribution in [-0.2, 0) is 0 Å². The van der Waals surface area contributed by atoms with E-state index in [4.69, 9.17) is 10.5 Å². The molecule has 0 aliphatic rings. The Bertz CT molecular complexity index is 592. The highest BCUT2D eigenvalue weighted by Gasteiger charge is 2.09. The third-order valence-corrected chi connectivity index (χ3v) is 2.80. The molecule has 2 rings (SSSR count). The van der Waals surface area contributed by atoms with Crippen molar-refractivity contribution in [3.05, 3.63) is 53.6 Å². The molecule has 0 fully saturated rings. The number of amides is 1. The maximum Gasteiger partial charge on any atom is 0.257 e. The van der Waals surface area contributed by atoms with Crippen molar-refractivity contribution in [3.8, 4) is 5.75 Å². The summed E-state index contributed by atoms with van der Waals surface area (Å²) < 4.78 is 5.06. The molecule has 4 heteroatoms. The Hall–Kier alpha value is -2.49. The van der Waals surface area contributed by atoms with Crippen LogP contribution in [0.25, 0.3) is 0 Å². The molecule has 0 heterocycles. The lowest BCUT2D eigenvalue weighted by molar-refractivity contribution is 0.102. The molecule has 3 N–H and O–H groups in total. The highest BCUT2D eigenvalue weighted by molar-refractivity contribution is 6.07. The van der Waals surface area contributed by atoms with Crippen LogP contribution in [-0.4, -0.2) is 13.0 Å². The molecule has 0 aliphatic heterocycles. The first-order valence-corrected chi connectivity index (χ1v) is 5.91. The summed E-state index contributed by atoms with van der Waals surface area (Å²) in [6.45, 7) is 1.93. The second kappa shape index (κ2) is 5.44. The number of ether oxygens (including phenoxy) is 1. The molecule has 2 aromatic carbocycles. The Morgan fingerprint density at radius 1 is 1.16 bits per heavy atom. The zero-order valence-corrected chi connectivity index (χ0v) is 10.9. The summed E-state index contributed by atoms with van der Waals surface area (Å²) in [7, 11) is 1.60. The fraction of sp³-hybridized carbons (Fsp3) is 0.133. The monoisotopic (exact) mass is 256 g/mol. The molecule has 19 heavy (non-hydrogen) atoms. The molecular formula is C15H16N2O2. The van der Waals surface area contributed by atoms with E-state index in [-0.39, 0.29) is 5.91 Å². The maximum absolute atomic E-state index is 12.1. The summed E-state index contributed by atoms with van der Waals surface area (Å²) in [5.41, 5.74) is 8.52. The number of rotatable bonds is 3. The molecule has 4 nitrogen and oxygen atoms in total. The SMILES string of the molecule is COc1ccc(NC(=O)c2ccc(C)cc2N)cc1. The van der Waals surface area contributed by atoms with Crippen molar-refractivity contribution in [3.63, 3.8) is 0 Å². The molecule has 2 aromatic rings. The molecule has 0 unspecified atom stereocenters. The third kappa shape index (κ3) is 3.04. The van der Waals surface area contributed by atoms with Gasteiger partial charge in [0.2, 0.25) is 0 Å². The number of anilines is 2. The van der Waals surface area contributed by atoms with E-state index in [1.807, 2.05) is 13.0 Å². The van der Waals surface area contributed by atoms with Crippen molar-refractivity contribution >= 4 is 17.3 Å². The lowest BCUT2D eigenvalue weighted by atomic mass is 10.1. The quantitative estimate of drug-likeness (QED) is 0.830. The minimum Gasteiger partial charge on any atom is -0.497 e. The Morgan fingerprint density at radius 2 is 1.84 bits per heavy atom. The summed E-state index contributed by atoms with van der Waals surface area (Å²) in [6.07, 6.45) is 0. The van der Waals surface area contributed by atoms with E-state index in [1.54, 1.807) is 43.5 Å². The standard InChI is InChI=1S/C15H16N2O2/c1-10-3-8-13(14(16)9-10)15(18)17-11-4-6-12(19-2)7-5-11/h3-9H,16H2,1-2H3,(H,17,18). The van der Waals surface area contributed by atoms with E-state index < -0.39 is 0 Å². The second-order valence-corrected chi connectivity index (χ2v) is 4.27. The van der Waals surface area contributed by atoms with Gasteiger partial charge in [-0.25, -0.2) is 0 Å². The minimum absolute atomic E-state index is 0.220. The predicted octanol–water partition coefficient (Wildman–Crippen LogP) is 2.84. The van der Waals surface area contributed by atoms with Gasteiger partial charge in [-0.2, -0.15) is 0 Å². The topological polar surface area (TPSA) is 64.3 Å². The molecule has 0 spiro atoms. The first kappa shape index (κ1) is 13.0. The van der Waals surface area contributed by atoms with Gasteiger partial charge in [0.15, 0.2) is 0 Å². The summed E-state index contributed by atoms with van der Waals surface area (Å²) in [4.78, 5) is 12.1. The fourth-order valence-corrected chi connectivity index (χ4v) is 1.76. The van der Waals surface area contributed by atoms with E-state index in [2.05, 4.69) is 5.32 Å². The maximum atomic E-state index is 12.1. The van der Waals surface area contributed by atoms with Gasteiger partial charge in [-0.05, 0) is 48.9 Å². The third-order valence-electron chi connectivity index (χ3n) is 2.80. The van der Waals surface area contributed by atoms with Crippen LogP contribution in [0.15, 0.2) is 42.5 Å². The summed E-state index contributed by atoms with van der Waals surface area (Å²) in [6, 6.07) is 12.5. The number of benzene rings is 2. The van der Waals surface area contributed by atoms with Gasteiger partial charge in [-0.3, -0.25) is 4.79 Å². The van der Waals surface area contributed by atoms with Crippen molar-refractivity contribution in [2.75, 3.05) is 18.2 Å². The van der Waals surface area contributed by atoms with E-state index in [0.717, 1.165) is 11.3 Å². The number of nitrogen functional groups attached to an aromatic ring is 1. The number of nitrogens with one attached hydrogen (secondary N) is 1. The predicted molar refractivity (Wildman–Crippen MR) is 76.5 cm³/mol. The van der Waals surface area contributed by atoms with Crippen molar-refractivity contribution < 1.29 is 9.53 Å². The summed E-state index contributed by atoms with van der Waals surface area (Å²) >= 11 is 0. The number of hydrogen-bond donors (Lipinski definition) is 2. The molecule has 0 saturated heterocycles.